The summed E-state index contributed by atoms with van der Waals surface area (Å²) < 4.78 is 6.79. The molecule has 0 aliphatic carbocycles. The van der Waals surface area contributed by atoms with Crippen LogP contribution in [-0.2, 0) is 0 Å². The number of para-hydroxylation sites is 6. The lowest BCUT2D eigenvalue weighted by Gasteiger charge is -2.18. The minimum absolute atomic E-state index is 0.539. The highest BCUT2D eigenvalue weighted by atomic mass is 15.0. The van der Waals surface area contributed by atoms with Crippen molar-refractivity contribution < 1.29 is 0 Å². The van der Waals surface area contributed by atoms with E-state index < -0.39 is 0 Å². The molecule has 8 aromatic carbocycles. The highest BCUT2D eigenvalue weighted by Crippen LogP contribution is 2.42. The van der Waals surface area contributed by atoms with Crippen molar-refractivity contribution >= 4 is 65.4 Å². The zero-order valence-corrected chi connectivity index (χ0v) is 29.5. The molecule has 0 unspecified atom stereocenters. The maximum atomic E-state index is 11.1. The van der Waals surface area contributed by atoms with Crippen molar-refractivity contribution in [3.8, 4) is 40.3 Å². The van der Waals surface area contributed by atoms with Crippen LogP contribution in [0.25, 0.3) is 93.6 Å². The summed E-state index contributed by atoms with van der Waals surface area (Å²) in [5, 5.41) is 28.1. The molecule has 3 heterocycles. The third-order valence-corrected chi connectivity index (χ3v) is 11.1. The van der Waals surface area contributed by atoms with Gasteiger partial charge in [-0.3, -0.25) is 0 Å². The summed E-state index contributed by atoms with van der Waals surface area (Å²) in [6.07, 6.45) is 0. The SMILES string of the molecule is N#Cc1c(-c2ccccc2-n2c3ccccc3c3ccc(-n4c5ccccc5c5ccccc54)cc32)cccc1-n1c2ccccc2c2cccc(C#N)c21. The minimum atomic E-state index is 0.539. The Balaban J connectivity index is 1.19. The largest absolute Gasteiger partial charge is 0.309 e. The van der Waals surface area contributed by atoms with Gasteiger partial charge in [-0.25, -0.2) is 0 Å². The molecule has 0 amide bonds. The zero-order chi connectivity index (χ0) is 36.6. The Morgan fingerprint density at radius 1 is 0.345 bits per heavy atom. The fraction of sp³-hybridized carbons (Fsp3) is 0. The quantitative estimate of drug-likeness (QED) is 0.184. The first-order chi connectivity index (χ1) is 27.2. The summed E-state index contributed by atoms with van der Waals surface area (Å²) in [6.45, 7) is 0. The van der Waals surface area contributed by atoms with Crippen LogP contribution in [0.3, 0.4) is 0 Å². The molecule has 0 saturated carbocycles. The number of hydrogen-bond donors (Lipinski definition) is 0. The summed E-state index contributed by atoms with van der Waals surface area (Å²) in [7, 11) is 0. The van der Waals surface area contributed by atoms with Crippen molar-refractivity contribution in [1.29, 1.82) is 10.5 Å². The summed E-state index contributed by atoms with van der Waals surface area (Å²) in [4.78, 5) is 0. The molecule has 0 aliphatic rings. The molecule has 254 valence electrons. The van der Waals surface area contributed by atoms with Crippen molar-refractivity contribution in [2.75, 3.05) is 0 Å². The first-order valence-electron chi connectivity index (χ1n) is 18.3. The number of nitrogens with zero attached hydrogens (tertiary/aromatic N) is 5. The van der Waals surface area contributed by atoms with Crippen LogP contribution in [0.1, 0.15) is 11.1 Å². The summed E-state index contributed by atoms with van der Waals surface area (Å²) >= 11 is 0. The molecule has 11 rings (SSSR count). The van der Waals surface area contributed by atoms with Gasteiger partial charge in [-0.15, -0.1) is 0 Å². The van der Waals surface area contributed by atoms with Gasteiger partial charge in [0.05, 0.1) is 55.6 Å². The molecule has 0 bridgehead atoms. The van der Waals surface area contributed by atoms with E-state index in [1.807, 2.05) is 48.5 Å². The van der Waals surface area contributed by atoms with Gasteiger partial charge in [0, 0.05) is 49.1 Å². The highest BCUT2D eigenvalue weighted by Gasteiger charge is 2.22. The Kier molecular flexibility index (Phi) is 6.61. The monoisotopic (exact) mass is 699 g/mol. The van der Waals surface area contributed by atoms with Gasteiger partial charge in [-0.05, 0) is 54.6 Å². The van der Waals surface area contributed by atoms with Gasteiger partial charge in [0.2, 0.25) is 0 Å². The number of nitriles is 2. The fourth-order valence-corrected chi connectivity index (χ4v) is 8.88. The summed E-state index contributed by atoms with van der Waals surface area (Å²) in [6, 6.07) is 65.9. The summed E-state index contributed by atoms with van der Waals surface area (Å²) in [5.74, 6) is 0. The van der Waals surface area contributed by atoms with Gasteiger partial charge in [0.15, 0.2) is 0 Å². The standard InChI is InChI=1S/C50H29N5/c51-30-32-13-11-20-41-39-18-5-10-25-47(39)55(50(32)41)48-26-12-19-34(42(48)31-52)35-14-1-8-23-45(35)54-46-24-9-4-17-38(46)40-28-27-33(29-49(40)54)53-43-21-6-2-15-36(43)37-16-3-7-22-44(37)53/h1-29H. The van der Waals surface area contributed by atoms with Crippen LogP contribution in [0.4, 0.5) is 0 Å². The third kappa shape index (κ3) is 4.33. The molecule has 0 atom stereocenters. The van der Waals surface area contributed by atoms with E-state index in [0.29, 0.717) is 11.1 Å². The molecular formula is C50H29N5. The van der Waals surface area contributed by atoms with E-state index in [1.54, 1.807) is 0 Å². The Morgan fingerprint density at radius 3 is 1.49 bits per heavy atom. The molecule has 5 heteroatoms. The number of aromatic nitrogens is 3. The first-order valence-corrected chi connectivity index (χ1v) is 18.3. The second-order valence-electron chi connectivity index (χ2n) is 13.9. The maximum absolute atomic E-state index is 11.1. The zero-order valence-electron chi connectivity index (χ0n) is 29.5. The average Bonchev–Trinajstić information content (AvgIpc) is 3.89. The topological polar surface area (TPSA) is 62.4 Å². The molecule has 0 spiro atoms. The van der Waals surface area contributed by atoms with Crippen LogP contribution in [0.5, 0.6) is 0 Å². The number of rotatable bonds is 4. The van der Waals surface area contributed by atoms with E-state index in [-0.39, 0.29) is 0 Å². The lowest BCUT2D eigenvalue weighted by Crippen LogP contribution is -2.03. The number of fused-ring (bicyclic) bond motifs is 9. The molecule has 5 nitrogen and oxygen atoms in total. The van der Waals surface area contributed by atoms with Gasteiger partial charge >= 0.3 is 0 Å². The molecular weight excluding hydrogens is 671 g/mol. The van der Waals surface area contributed by atoms with Gasteiger partial charge in [-0.1, -0.05) is 121 Å². The van der Waals surface area contributed by atoms with Crippen LogP contribution < -0.4 is 0 Å². The van der Waals surface area contributed by atoms with Gasteiger partial charge in [0.25, 0.3) is 0 Å². The molecule has 0 saturated heterocycles. The van der Waals surface area contributed by atoms with E-state index in [4.69, 9.17) is 0 Å². The predicted molar refractivity (Wildman–Crippen MR) is 224 cm³/mol. The molecule has 3 aromatic heterocycles. The molecule has 11 aromatic rings. The minimum Gasteiger partial charge on any atom is -0.309 e. The van der Waals surface area contributed by atoms with Crippen molar-refractivity contribution in [1.82, 2.24) is 13.7 Å². The Hall–Kier alpha value is -7.86. The molecule has 55 heavy (non-hydrogen) atoms. The van der Waals surface area contributed by atoms with Gasteiger partial charge in [-0.2, -0.15) is 10.5 Å². The van der Waals surface area contributed by atoms with Crippen molar-refractivity contribution in [2.45, 2.75) is 0 Å². The second kappa shape index (κ2) is 11.8. The van der Waals surface area contributed by atoms with Crippen LogP contribution in [-0.4, -0.2) is 13.7 Å². The average molecular weight is 700 g/mol. The summed E-state index contributed by atoms with van der Waals surface area (Å²) in [5.41, 5.74) is 11.9. The van der Waals surface area contributed by atoms with E-state index in [2.05, 4.69) is 153 Å². The Labute approximate surface area is 316 Å². The Morgan fingerprint density at radius 2 is 0.836 bits per heavy atom. The van der Waals surface area contributed by atoms with Crippen LogP contribution in [0.15, 0.2) is 176 Å². The maximum Gasteiger partial charge on any atom is 0.102 e. The van der Waals surface area contributed by atoms with Crippen molar-refractivity contribution in [2.24, 2.45) is 0 Å². The van der Waals surface area contributed by atoms with Crippen molar-refractivity contribution in [3.63, 3.8) is 0 Å². The van der Waals surface area contributed by atoms with Gasteiger partial charge < -0.3 is 13.7 Å². The third-order valence-electron chi connectivity index (χ3n) is 11.1. The molecule has 0 N–H and O–H groups in total. The highest BCUT2D eigenvalue weighted by molar-refractivity contribution is 6.13. The fourth-order valence-electron chi connectivity index (χ4n) is 8.88. The number of hydrogen-bond acceptors (Lipinski definition) is 2. The van der Waals surface area contributed by atoms with E-state index >= 15 is 0 Å². The van der Waals surface area contributed by atoms with Crippen molar-refractivity contribution in [3.05, 3.63) is 187 Å². The molecule has 0 aliphatic heterocycles. The van der Waals surface area contributed by atoms with E-state index in [9.17, 15) is 10.5 Å². The van der Waals surface area contributed by atoms with Crippen LogP contribution in [0, 0.1) is 22.7 Å². The van der Waals surface area contributed by atoms with Crippen LogP contribution in [0.2, 0.25) is 0 Å². The smallest absolute Gasteiger partial charge is 0.102 e. The normalized spacial score (nSPS) is 11.6. The molecule has 0 fully saturated rings. The Bertz CT molecular complexity index is 3420. The van der Waals surface area contributed by atoms with E-state index in [1.165, 1.54) is 10.8 Å². The predicted octanol–water partition coefficient (Wildman–Crippen LogP) is 12.4. The van der Waals surface area contributed by atoms with E-state index in [0.717, 1.165) is 82.8 Å². The molecule has 0 radical (unpaired) electrons. The first kappa shape index (κ1) is 30.7. The number of benzene rings is 8. The lowest BCUT2D eigenvalue weighted by atomic mass is 9.96. The van der Waals surface area contributed by atoms with Crippen LogP contribution >= 0.6 is 0 Å². The lowest BCUT2D eigenvalue weighted by molar-refractivity contribution is 1.15. The van der Waals surface area contributed by atoms with Gasteiger partial charge in [0.1, 0.15) is 12.1 Å². The second-order valence-corrected chi connectivity index (χ2v) is 13.9.